The van der Waals surface area contributed by atoms with Gasteiger partial charge in [-0.3, -0.25) is 9.59 Å². The number of nitrogens with zero attached hydrogens (tertiary/aromatic N) is 1. The largest absolute Gasteiger partial charge is 0.452 e. The molecule has 1 N–H and O–H groups in total. The van der Waals surface area contributed by atoms with Crippen LogP contribution >= 0.6 is 11.6 Å². The molecule has 2 aromatic carbocycles. The second-order valence-corrected chi connectivity index (χ2v) is 6.80. The van der Waals surface area contributed by atoms with Gasteiger partial charge in [0.25, 0.3) is 5.91 Å². The number of anilines is 1. The van der Waals surface area contributed by atoms with Crippen molar-refractivity contribution in [3.63, 3.8) is 0 Å². The molecule has 2 aromatic rings. The molecule has 0 unspecified atom stereocenters. The fourth-order valence-electron chi connectivity index (χ4n) is 2.54. The fourth-order valence-corrected chi connectivity index (χ4v) is 2.71. The van der Waals surface area contributed by atoms with E-state index in [9.17, 15) is 14.4 Å². The minimum absolute atomic E-state index is 0.150. The highest BCUT2D eigenvalue weighted by Crippen LogP contribution is 2.20. The summed E-state index contributed by atoms with van der Waals surface area (Å²) in [6, 6.07) is 12.1. The van der Waals surface area contributed by atoms with Crippen molar-refractivity contribution < 1.29 is 19.1 Å². The minimum Gasteiger partial charge on any atom is -0.452 e. The minimum atomic E-state index is -0.577. The second kappa shape index (κ2) is 9.90. The van der Waals surface area contributed by atoms with Gasteiger partial charge in [0.05, 0.1) is 12.1 Å². The molecule has 0 heterocycles. The monoisotopic (exact) mass is 402 g/mol. The van der Waals surface area contributed by atoms with Gasteiger partial charge in [0.2, 0.25) is 5.91 Å². The molecule has 0 aliphatic rings. The highest BCUT2D eigenvalue weighted by atomic mass is 35.5. The lowest BCUT2D eigenvalue weighted by Gasteiger charge is -2.20. The van der Waals surface area contributed by atoms with Gasteiger partial charge in [-0.1, -0.05) is 35.4 Å². The molecule has 7 heteroatoms. The van der Waals surface area contributed by atoms with Gasteiger partial charge in [-0.2, -0.15) is 0 Å². The van der Waals surface area contributed by atoms with Gasteiger partial charge in [-0.15, -0.1) is 0 Å². The first kappa shape index (κ1) is 21.4. The Hall–Kier alpha value is -2.86. The molecule has 148 valence electrons. The van der Waals surface area contributed by atoms with Crippen LogP contribution in [0.5, 0.6) is 0 Å². The number of ether oxygens (including phenoxy) is 1. The van der Waals surface area contributed by atoms with E-state index in [1.165, 1.54) is 4.90 Å². The summed E-state index contributed by atoms with van der Waals surface area (Å²) in [5.74, 6) is -1.38. The number of carbonyl (C=O) groups is 3. The van der Waals surface area contributed by atoms with Crippen molar-refractivity contribution in [1.82, 2.24) is 4.90 Å². The molecule has 0 aliphatic heterocycles. The van der Waals surface area contributed by atoms with Crippen LogP contribution in [-0.2, 0) is 14.3 Å². The SMILES string of the molecule is CCN(CC(=O)Nc1cc(Cl)ccc1C)C(=O)COC(=O)c1cccc(C)c1. The highest BCUT2D eigenvalue weighted by Gasteiger charge is 2.18. The van der Waals surface area contributed by atoms with Crippen LogP contribution < -0.4 is 5.32 Å². The first-order valence-corrected chi connectivity index (χ1v) is 9.25. The van der Waals surface area contributed by atoms with Gasteiger partial charge in [-0.25, -0.2) is 4.79 Å². The van der Waals surface area contributed by atoms with Gasteiger partial charge in [0, 0.05) is 17.3 Å². The quantitative estimate of drug-likeness (QED) is 0.718. The number of amides is 2. The van der Waals surface area contributed by atoms with Crippen molar-refractivity contribution in [2.75, 3.05) is 25.0 Å². The maximum absolute atomic E-state index is 12.3. The molecule has 0 atom stereocenters. The van der Waals surface area contributed by atoms with Crippen molar-refractivity contribution in [3.05, 3.63) is 64.2 Å². The molecule has 28 heavy (non-hydrogen) atoms. The smallest absolute Gasteiger partial charge is 0.338 e. The van der Waals surface area contributed by atoms with Crippen LogP contribution in [0, 0.1) is 13.8 Å². The van der Waals surface area contributed by atoms with Crippen LogP contribution in [0.3, 0.4) is 0 Å². The number of carbonyl (C=O) groups excluding carboxylic acids is 3. The van der Waals surface area contributed by atoms with E-state index < -0.39 is 18.5 Å². The van der Waals surface area contributed by atoms with Crippen LogP contribution in [-0.4, -0.2) is 42.4 Å². The van der Waals surface area contributed by atoms with Gasteiger partial charge in [0.15, 0.2) is 6.61 Å². The zero-order valence-electron chi connectivity index (χ0n) is 16.1. The molecule has 0 spiro atoms. The summed E-state index contributed by atoms with van der Waals surface area (Å²) in [5.41, 5.74) is 2.75. The zero-order chi connectivity index (χ0) is 20.7. The molecule has 0 bridgehead atoms. The third kappa shape index (κ3) is 6.09. The molecule has 0 radical (unpaired) electrons. The molecule has 0 saturated heterocycles. The van der Waals surface area contributed by atoms with E-state index in [1.54, 1.807) is 43.3 Å². The van der Waals surface area contributed by atoms with Crippen LogP contribution in [0.15, 0.2) is 42.5 Å². The Morgan fingerprint density at radius 1 is 1.11 bits per heavy atom. The Kier molecular flexibility index (Phi) is 7.58. The standard InChI is InChI=1S/C21H23ClN2O4/c1-4-24(12-19(25)23-18-11-17(22)9-8-15(18)3)20(26)13-28-21(27)16-7-5-6-14(2)10-16/h5-11H,4,12-13H2,1-3H3,(H,23,25). The fraction of sp³-hybridized carbons (Fsp3) is 0.286. The van der Waals surface area contributed by atoms with Gasteiger partial charge in [-0.05, 0) is 50.6 Å². The number of nitrogens with one attached hydrogen (secondary N) is 1. The molecule has 0 aromatic heterocycles. The maximum atomic E-state index is 12.3. The van der Waals surface area contributed by atoms with Crippen molar-refractivity contribution in [3.8, 4) is 0 Å². The Labute approximate surface area is 169 Å². The molecule has 6 nitrogen and oxygen atoms in total. The van der Waals surface area contributed by atoms with E-state index in [-0.39, 0.29) is 12.5 Å². The van der Waals surface area contributed by atoms with Crippen molar-refractivity contribution >= 4 is 35.1 Å². The van der Waals surface area contributed by atoms with Gasteiger partial charge >= 0.3 is 5.97 Å². The summed E-state index contributed by atoms with van der Waals surface area (Å²) >= 11 is 5.95. The van der Waals surface area contributed by atoms with Crippen LogP contribution in [0.1, 0.15) is 28.4 Å². The zero-order valence-corrected chi connectivity index (χ0v) is 16.9. The number of hydrogen-bond acceptors (Lipinski definition) is 4. The number of aryl methyl sites for hydroxylation is 2. The summed E-state index contributed by atoms with van der Waals surface area (Å²) in [5, 5.41) is 3.25. The summed E-state index contributed by atoms with van der Waals surface area (Å²) in [4.78, 5) is 38.0. The molecule has 2 rings (SSSR count). The Bertz CT molecular complexity index is 882. The first-order valence-electron chi connectivity index (χ1n) is 8.87. The number of rotatable bonds is 7. The Balaban J connectivity index is 1.91. The molecule has 0 aliphatic carbocycles. The molecule has 0 fully saturated rings. The number of esters is 1. The third-order valence-electron chi connectivity index (χ3n) is 4.12. The van der Waals surface area contributed by atoms with E-state index in [0.717, 1.165) is 11.1 Å². The summed E-state index contributed by atoms with van der Waals surface area (Å²) < 4.78 is 5.08. The van der Waals surface area contributed by atoms with E-state index >= 15 is 0 Å². The normalized spacial score (nSPS) is 10.3. The molecular weight excluding hydrogens is 380 g/mol. The molecule has 2 amide bonds. The first-order chi connectivity index (χ1) is 13.3. The van der Waals surface area contributed by atoms with Crippen molar-refractivity contribution in [2.45, 2.75) is 20.8 Å². The summed E-state index contributed by atoms with van der Waals surface area (Å²) in [6.45, 7) is 5.19. The summed E-state index contributed by atoms with van der Waals surface area (Å²) in [7, 11) is 0. The summed E-state index contributed by atoms with van der Waals surface area (Å²) in [6.07, 6.45) is 0. The lowest BCUT2D eigenvalue weighted by molar-refractivity contribution is -0.137. The van der Waals surface area contributed by atoms with E-state index in [4.69, 9.17) is 16.3 Å². The van der Waals surface area contributed by atoms with E-state index in [0.29, 0.717) is 22.8 Å². The van der Waals surface area contributed by atoms with E-state index in [1.807, 2.05) is 19.9 Å². The predicted octanol–water partition coefficient (Wildman–Crippen LogP) is 3.60. The number of likely N-dealkylation sites (N-methyl/N-ethyl adjacent to an activating group) is 1. The third-order valence-corrected chi connectivity index (χ3v) is 4.36. The highest BCUT2D eigenvalue weighted by molar-refractivity contribution is 6.31. The average molecular weight is 403 g/mol. The van der Waals surface area contributed by atoms with Crippen LogP contribution in [0.2, 0.25) is 5.02 Å². The average Bonchev–Trinajstić information content (AvgIpc) is 2.66. The molecule has 0 saturated carbocycles. The number of benzene rings is 2. The van der Waals surface area contributed by atoms with Gasteiger partial charge in [0.1, 0.15) is 0 Å². The Morgan fingerprint density at radius 3 is 2.54 bits per heavy atom. The van der Waals surface area contributed by atoms with Crippen molar-refractivity contribution in [2.24, 2.45) is 0 Å². The number of hydrogen-bond donors (Lipinski definition) is 1. The maximum Gasteiger partial charge on any atom is 0.338 e. The topological polar surface area (TPSA) is 75.7 Å². The van der Waals surface area contributed by atoms with Crippen molar-refractivity contribution in [1.29, 1.82) is 0 Å². The van der Waals surface area contributed by atoms with Crippen LogP contribution in [0.25, 0.3) is 0 Å². The van der Waals surface area contributed by atoms with E-state index in [2.05, 4.69) is 5.32 Å². The number of halogens is 1. The molecular formula is C21H23ClN2O4. The lowest BCUT2D eigenvalue weighted by Crippen LogP contribution is -2.40. The lowest BCUT2D eigenvalue weighted by atomic mass is 10.1. The van der Waals surface area contributed by atoms with Gasteiger partial charge < -0.3 is 15.0 Å². The Morgan fingerprint density at radius 2 is 1.86 bits per heavy atom. The van der Waals surface area contributed by atoms with Crippen LogP contribution in [0.4, 0.5) is 5.69 Å². The second-order valence-electron chi connectivity index (χ2n) is 6.36. The predicted molar refractivity (Wildman–Crippen MR) is 109 cm³/mol.